The minimum Gasteiger partial charge on any atom is -0.392 e. The molecule has 0 aliphatic rings. The molecule has 0 aromatic rings. The number of aliphatic imine (C=N–C) groups is 1. The van der Waals surface area contributed by atoms with Crippen LogP contribution >= 0.6 is 11.6 Å². The quantitative estimate of drug-likeness (QED) is 0.224. The van der Waals surface area contributed by atoms with Gasteiger partial charge in [-0.05, 0) is 31.8 Å². The Kier molecular flexibility index (Phi) is 14.2. The smallest absolute Gasteiger partial charge is 0.224 e. The Bertz CT molecular complexity index is 516. The number of nitrogens with one attached hydrogen (secondary N) is 1. The molecule has 0 aromatic heterocycles. The molecule has 6 heteroatoms. The molecular weight excluding hydrogens is 362 g/mol. The number of hydrogen-bond donors (Lipinski definition) is 2. The van der Waals surface area contributed by atoms with Crippen molar-refractivity contribution in [1.29, 1.82) is 0 Å². The fourth-order valence-electron chi connectivity index (χ4n) is 2.73. The minimum absolute atomic E-state index is 0.0126. The fraction of sp³-hybridized carbons (Fsp3) is 0.714. The van der Waals surface area contributed by atoms with Gasteiger partial charge in [0.05, 0.1) is 12.1 Å². The molecule has 0 saturated heterocycles. The van der Waals surface area contributed by atoms with Crippen LogP contribution in [0.2, 0.25) is 0 Å². The first-order valence-corrected chi connectivity index (χ1v) is 10.4. The van der Waals surface area contributed by atoms with Crippen molar-refractivity contribution in [1.82, 2.24) is 10.2 Å². The van der Waals surface area contributed by atoms with Gasteiger partial charge in [-0.3, -0.25) is 14.7 Å². The highest BCUT2D eigenvalue weighted by atomic mass is 35.5. The lowest BCUT2D eigenvalue weighted by Crippen LogP contribution is -2.41. The number of carbonyl (C=O) groups excluding carboxylic acids is 1. The molecule has 27 heavy (non-hydrogen) atoms. The van der Waals surface area contributed by atoms with Gasteiger partial charge in [0.2, 0.25) is 5.91 Å². The lowest BCUT2D eigenvalue weighted by Gasteiger charge is -2.26. The normalized spacial score (nSPS) is 16.4. The zero-order chi connectivity index (χ0) is 20.8. The van der Waals surface area contributed by atoms with E-state index < -0.39 is 6.10 Å². The molecule has 3 atom stereocenters. The largest absolute Gasteiger partial charge is 0.392 e. The number of aliphatic hydroxyl groups is 1. The number of amides is 1. The summed E-state index contributed by atoms with van der Waals surface area (Å²) in [5.74, 6) is 1.02. The Hall–Kier alpha value is -1.17. The number of amidine groups is 1. The predicted octanol–water partition coefficient (Wildman–Crippen LogP) is 4.12. The maximum Gasteiger partial charge on any atom is 0.224 e. The Morgan fingerprint density at radius 1 is 1.30 bits per heavy atom. The molecule has 0 aliphatic heterocycles. The molecule has 0 heterocycles. The van der Waals surface area contributed by atoms with E-state index in [1.165, 1.54) is 0 Å². The van der Waals surface area contributed by atoms with Crippen LogP contribution in [0.4, 0.5) is 0 Å². The van der Waals surface area contributed by atoms with Crippen LogP contribution in [0, 0.1) is 5.92 Å². The topological polar surface area (TPSA) is 64.9 Å². The molecule has 2 N–H and O–H groups in total. The third kappa shape index (κ3) is 11.3. The zero-order valence-corrected chi connectivity index (χ0v) is 18.6. The van der Waals surface area contributed by atoms with Crippen molar-refractivity contribution in [2.45, 2.75) is 73.0 Å². The van der Waals surface area contributed by atoms with Gasteiger partial charge in [-0.2, -0.15) is 0 Å². The van der Waals surface area contributed by atoms with Crippen LogP contribution in [0.1, 0.15) is 60.8 Å². The van der Waals surface area contributed by atoms with Gasteiger partial charge in [0.25, 0.3) is 0 Å². The molecular formula is C21H38ClN3O2. The third-order valence-corrected chi connectivity index (χ3v) is 4.54. The lowest BCUT2D eigenvalue weighted by atomic mass is 9.99. The van der Waals surface area contributed by atoms with Crippen molar-refractivity contribution >= 4 is 23.3 Å². The van der Waals surface area contributed by atoms with E-state index in [0.717, 1.165) is 23.7 Å². The van der Waals surface area contributed by atoms with Crippen molar-refractivity contribution in [2.24, 2.45) is 10.9 Å². The van der Waals surface area contributed by atoms with Gasteiger partial charge in [0.15, 0.2) is 0 Å². The van der Waals surface area contributed by atoms with Gasteiger partial charge < -0.3 is 10.4 Å². The lowest BCUT2D eigenvalue weighted by molar-refractivity contribution is -0.125. The van der Waals surface area contributed by atoms with Crippen LogP contribution in [0.5, 0.6) is 0 Å². The van der Waals surface area contributed by atoms with Crippen LogP contribution in [0.3, 0.4) is 0 Å². The summed E-state index contributed by atoms with van der Waals surface area (Å²) >= 11 is 6.15. The summed E-state index contributed by atoms with van der Waals surface area (Å²) in [6, 6.07) is 0.0922. The second kappa shape index (κ2) is 14.8. The predicted molar refractivity (Wildman–Crippen MR) is 116 cm³/mol. The molecule has 0 aliphatic carbocycles. The molecule has 3 unspecified atom stereocenters. The van der Waals surface area contributed by atoms with Crippen molar-refractivity contribution in [2.75, 3.05) is 19.6 Å². The van der Waals surface area contributed by atoms with Gasteiger partial charge in [-0.1, -0.05) is 51.4 Å². The number of rotatable bonds is 12. The molecule has 5 nitrogen and oxygen atoms in total. The summed E-state index contributed by atoms with van der Waals surface area (Å²) in [4.78, 5) is 18.8. The summed E-state index contributed by atoms with van der Waals surface area (Å²) < 4.78 is 0. The van der Waals surface area contributed by atoms with Crippen LogP contribution < -0.4 is 5.32 Å². The summed E-state index contributed by atoms with van der Waals surface area (Å²) in [7, 11) is 0. The second-order valence-corrected chi connectivity index (χ2v) is 7.25. The highest BCUT2D eigenvalue weighted by Gasteiger charge is 2.18. The van der Waals surface area contributed by atoms with E-state index in [-0.39, 0.29) is 17.9 Å². The molecule has 1 amide bonds. The van der Waals surface area contributed by atoms with Gasteiger partial charge in [-0.25, -0.2) is 0 Å². The Morgan fingerprint density at radius 2 is 1.96 bits per heavy atom. The maximum atomic E-state index is 12.1. The van der Waals surface area contributed by atoms with Crippen molar-refractivity contribution in [3.8, 4) is 0 Å². The minimum atomic E-state index is -0.402. The van der Waals surface area contributed by atoms with Gasteiger partial charge >= 0.3 is 0 Å². The number of hydrogen-bond acceptors (Lipinski definition) is 4. The van der Waals surface area contributed by atoms with E-state index in [4.69, 9.17) is 16.6 Å². The van der Waals surface area contributed by atoms with Crippen molar-refractivity contribution in [3.63, 3.8) is 0 Å². The molecule has 0 fully saturated rings. The summed E-state index contributed by atoms with van der Waals surface area (Å²) in [6.45, 7) is 13.3. The highest BCUT2D eigenvalue weighted by molar-refractivity contribution is 6.31. The molecule has 0 spiro atoms. The number of halogens is 1. The second-order valence-electron chi connectivity index (χ2n) is 6.81. The van der Waals surface area contributed by atoms with Crippen molar-refractivity contribution < 1.29 is 9.90 Å². The van der Waals surface area contributed by atoms with E-state index in [1.807, 2.05) is 19.1 Å². The van der Waals surface area contributed by atoms with Gasteiger partial charge in [-0.15, -0.1) is 0 Å². The number of nitrogens with zero attached hydrogens (tertiary/aromatic N) is 2. The molecule has 156 valence electrons. The first kappa shape index (κ1) is 25.8. The van der Waals surface area contributed by atoms with E-state index in [1.54, 1.807) is 18.7 Å². The van der Waals surface area contributed by atoms with E-state index in [9.17, 15) is 9.90 Å². The molecule has 0 rings (SSSR count). The Morgan fingerprint density at radius 3 is 2.44 bits per heavy atom. The van der Waals surface area contributed by atoms with Crippen molar-refractivity contribution in [3.05, 3.63) is 23.3 Å². The molecule has 0 radical (unpaired) electrons. The summed E-state index contributed by atoms with van der Waals surface area (Å²) in [6.07, 6.45) is 8.08. The third-order valence-electron chi connectivity index (χ3n) is 4.26. The van der Waals surface area contributed by atoms with Gasteiger partial charge in [0.1, 0.15) is 5.84 Å². The first-order valence-electron chi connectivity index (χ1n) is 10.0. The monoisotopic (exact) mass is 399 g/mol. The average molecular weight is 400 g/mol. The Labute approximate surface area is 170 Å². The standard InChI is InChI=1S/C21H38ClN3O2/c1-7-10-19(22)12-11-16(4)20(8-2)24-21(9-3)25(18(6)27)14-13-23-15-17(5)26/h10-12,16-17,20,23,26H,7-9,13-15H2,1-6H3/b12-11-,19-10+,24-21-. The van der Waals surface area contributed by atoms with E-state index in [2.05, 4.69) is 32.2 Å². The highest BCUT2D eigenvalue weighted by Crippen LogP contribution is 2.17. The molecule has 0 bridgehead atoms. The number of allylic oxidation sites excluding steroid dienone is 3. The number of aliphatic hydroxyl groups excluding tert-OH is 1. The van der Waals surface area contributed by atoms with E-state index >= 15 is 0 Å². The molecule has 0 saturated carbocycles. The number of carbonyl (C=O) groups is 1. The summed E-state index contributed by atoms with van der Waals surface area (Å²) in [5.41, 5.74) is 0. The first-order chi connectivity index (χ1) is 12.8. The van der Waals surface area contributed by atoms with Gasteiger partial charge in [0, 0.05) is 38.0 Å². The maximum absolute atomic E-state index is 12.1. The summed E-state index contributed by atoms with van der Waals surface area (Å²) in [5, 5.41) is 13.2. The fourth-order valence-corrected chi connectivity index (χ4v) is 2.96. The zero-order valence-electron chi connectivity index (χ0n) is 17.8. The van der Waals surface area contributed by atoms with Crippen LogP contribution in [-0.4, -0.2) is 53.5 Å². The van der Waals surface area contributed by atoms with Crippen LogP contribution in [0.15, 0.2) is 28.3 Å². The Balaban J connectivity index is 5.18. The average Bonchev–Trinajstić information content (AvgIpc) is 2.61. The van der Waals surface area contributed by atoms with Crippen LogP contribution in [-0.2, 0) is 4.79 Å². The molecule has 0 aromatic carbocycles. The SMILES string of the molecule is CC/C=C(Cl)\C=C/C(C)C(CC)/N=C(/CC)N(CCNCC(C)O)C(C)=O. The van der Waals surface area contributed by atoms with E-state index in [0.29, 0.717) is 26.1 Å². The van der Waals surface area contributed by atoms with Crippen LogP contribution in [0.25, 0.3) is 0 Å².